The summed E-state index contributed by atoms with van der Waals surface area (Å²) in [4.78, 5) is 15.8. The number of benzene rings is 1. The molecule has 5 nitrogen and oxygen atoms in total. The number of hydrogen-bond acceptors (Lipinski definition) is 3. The minimum absolute atomic E-state index is 0.119. The van der Waals surface area contributed by atoms with E-state index in [1.165, 1.54) is 5.56 Å². The third-order valence-corrected chi connectivity index (χ3v) is 2.96. The molecule has 0 saturated carbocycles. The van der Waals surface area contributed by atoms with Gasteiger partial charge in [0.05, 0.1) is 12.5 Å². The van der Waals surface area contributed by atoms with Crippen LogP contribution in [0.25, 0.3) is 0 Å². The Balaban J connectivity index is 1.92. The van der Waals surface area contributed by atoms with E-state index in [4.69, 9.17) is 5.73 Å². The molecule has 2 aromatic rings. The molecule has 0 unspecified atom stereocenters. The Morgan fingerprint density at radius 2 is 2.00 bits per heavy atom. The second-order valence-electron chi connectivity index (χ2n) is 4.43. The molecule has 3 N–H and O–H groups in total. The number of aryl methyl sites for hydroxylation is 1. The highest BCUT2D eigenvalue weighted by Gasteiger charge is 2.08. The molecule has 1 amide bonds. The second kappa shape index (κ2) is 6.15. The number of nitrogens with one attached hydrogen (secondary N) is 1. The summed E-state index contributed by atoms with van der Waals surface area (Å²) in [7, 11) is 1.80. The normalized spacial score (nSPS) is 10.4. The highest BCUT2D eigenvalue weighted by molar-refractivity contribution is 5.92. The topological polar surface area (TPSA) is 72.9 Å². The number of aromatic nitrogens is 2. The van der Waals surface area contributed by atoms with Gasteiger partial charge in [0.15, 0.2) is 0 Å². The molecule has 0 spiro atoms. The zero-order valence-corrected chi connectivity index (χ0v) is 11.0. The van der Waals surface area contributed by atoms with Crippen LogP contribution in [0, 0.1) is 0 Å². The van der Waals surface area contributed by atoms with Crippen molar-refractivity contribution in [3.8, 4) is 0 Å². The molecule has 2 rings (SSSR count). The van der Waals surface area contributed by atoms with Crippen LogP contribution in [0.5, 0.6) is 0 Å². The molecule has 100 valence electrons. The van der Waals surface area contributed by atoms with Crippen LogP contribution in [0.1, 0.15) is 21.6 Å². The molecule has 0 aliphatic heterocycles. The van der Waals surface area contributed by atoms with Crippen LogP contribution < -0.4 is 11.1 Å². The van der Waals surface area contributed by atoms with E-state index in [0.717, 1.165) is 12.0 Å². The fraction of sp³-hybridized carbons (Fsp3) is 0.286. The summed E-state index contributed by atoms with van der Waals surface area (Å²) >= 11 is 0. The SMILES string of the molecule is Cn1cncc1C(=O)NCc1ccc(CCN)cc1. The maximum atomic E-state index is 11.9. The average molecular weight is 258 g/mol. The number of nitrogens with two attached hydrogens (primary N) is 1. The van der Waals surface area contributed by atoms with E-state index in [2.05, 4.69) is 10.3 Å². The Hall–Kier alpha value is -2.14. The van der Waals surface area contributed by atoms with Crippen LogP contribution in [0.15, 0.2) is 36.8 Å². The number of rotatable bonds is 5. The molecule has 0 radical (unpaired) electrons. The van der Waals surface area contributed by atoms with Gasteiger partial charge in [-0.25, -0.2) is 4.98 Å². The number of carbonyl (C=O) groups excluding carboxylic acids is 1. The van der Waals surface area contributed by atoms with Gasteiger partial charge in [0.1, 0.15) is 5.69 Å². The van der Waals surface area contributed by atoms with Crippen LogP contribution in [0.3, 0.4) is 0 Å². The van der Waals surface area contributed by atoms with Crippen molar-refractivity contribution in [2.75, 3.05) is 6.54 Å². The summed E-state index contributed by atoms with van der Waals surface area (Å²) in [6.45, 7) is 1.16. The van der Waals surface area contributed by atoms with E-state index in [-0.39, 0.29) is 5.91 Å². The Morgan fingerprint density at radius 3 is 2.58 bits per heavy atom. The molecule has 5 heteroatoms. The van der Waals surface area contributed by atoms with E-state index in [1.54, 1.807) is 24.1 Å². The first-order chi connectivity index (χ1) is 9.20. The van der Waals surface area contributed by atoms with Gasteiger partial charge >= 0.3 is 0 Å². The molecular formula is C14H18N4O. The van der Waals surface area contributed by atoms with Gasteiger partial charge in [-0.15, -0.1) is 0 Å². The monoisotopic (exact) mass is 258 g/mol. The Kier molecular flexibility index (Phi) is 4.30. The van der Waals surface area contributed by atoms with Crippen molar-refractivity contribution in [1.82, 2.24) is 14.9 Å². The molecule has 1 aromatic heterocycles. The summed E-state index contributed by atoms with van der Waals surface area (Å²) in [5.74, 6) is -0.119. The van der Waals surface area contributed by atoms with Gasteiger partial charge in [0, 0.05) is 13.6 Å². The summed E-state index contributed by atoms with van der Waals surface area (Å²) in [6.07, 6.45) is 4.04. The molecule has 0 saturated heterocycles. The van der Waals surface area contributed by atoms with E-state index < -0.39 is 0 Å². The maximum Gasteiger partial charge on any atom is 0.269 e. The molecule has 1 aromatic carbocycles. The third kappa shape index (κ3) is 3.42. The van der Waals surface area contributed by atoms with Crippen molar-refractivity contribution in [3.05, 3.63) is 53.6 Å². The van der Waals surface area contributed by atoms with Crippen LogP contribution in [0.2, 0.25) is 0 Å². The molecule has 0 atom stereocenters. The number of hydrogen-bond donors (Lipinski definition) is 2. The lowest BCUT2D eigenvalue weighted by atomic mass is 10.1. The minimum Gasteiger partial charge on any atom is -0.347 e. The molecule has 1 heterocycles. The molecule has 0 bridgehead atoms. The van der Waals surface area contributed by atoms with Gasteiger partial charge in [0.2, 0.25) is 0 Å². The van der Waals surface area contributed by atoms with Crippen LogP contribution in [0.4, 0.5) is 0 Å². The summed E-state index contributed by atoms with van der Waals surface area (Å²) in [5.41, 5.74) is 8.33. The molecular weight excluding hydrogens is 240 g/mol. The first kappa shape index (κ1) is 13.3. The average Bonchev–Trinajstić information content (AvgIpc) is 2.84. The zero-order chi connectivity index (χ0) is 13.7. The predicted octanol–water partition coefficient (Wildman–Crippen LogP) is 0.851. The largest absolute Gasteiger partial charge is 0.347 e. The molecule has 0 fully saturated rings. The molecule has 0 aliphatic rings. The van der Waals surface area contributed by atoms with Gasteiger partial charge < -0.3 is 15.6 Å². The van der Waals surface area contributed by atoms with Gasteiger partial charge in [0.25, 0.3) is 5.91 Å². The fourth-order valence-corrected chi connectivity index (χ4v) is 1.84. The maximum absolute atomic E-state index is 11.9. The van der Waals surface area contributed by atoms with Gasteiger partial charge in [-0.3, -0.25) is 4.79 Å². The van der Waals surface area contributed by atoms with Crippen molar-refractivity contribution in [2.24, 2.45) is 12.8 Å². The summed E-state index contributed by atoms with van der Waals surface area (Å²) in [6, 6.07) is 8.10. The van der Waals surface area contributed by atoms with E-state index in [0.29, 0.717) is 18.8 Å². The third-order valence-electron chi connectivity index (χ3n) is 2.96. The van der Waals surface area contributed by atoms with Crippen LogP contribution in [-0.4, -0.2) is 22.0 Å². The smallest absolute Gasteiger partial charge is 0.269 e. The van der Waals surface area contributed by atoms with Gasteiger partial charge in [-0.05, 0) is 24.1 Å². The van der Waals surface area contributed by atoms with Crippen molar-refractivity contribution >= 4 is 5.91 Å². The highest BCUT2D eigenvalue weighted by Crippen LogP contribution is 2.05. The quantitative estimate of drug-likeness (QED) is 0.835. The zero-order valence-electron chi connectivity index (χ0n) is 11.0. The van der Waals surface area contributed by atoms with Crippen LogP contribution in [-0.2, 0) is 20.0 Å². The van der Waals surface area contributed by atoms with Crippen LogP contribution >= 0.6 is 0 Å². The standard InChI is InChI=1S/C14H18N4O/c1-18-10-16-9-13(18)14(19)17-8-12-4-2-11(3-5-12)6-7-15/h2-5,9-10H,6-8,15H2,1H3,(H,17,19). The lowest BCUT2D eigenvalue weighted by molar-refractivity contribution is 0.0942. The van der Waals surface area contributed by atoms with E-state index >= 15 is 0 Å². The number of nitrogens with zero attached hydrogens (tertiary/aromatic N) is 2. The fourth-order valence-electron chi connectivity index (χ4n) is 1.84. The summed E-state index contributed by atoms with van der Waals surface area (Å²) < 4.78 is 1.69. The first-order valence-electron chi connectivity index (χ1n) is 6.23. The molecule has 0 aliphatic carbocycles. The van der Waals surface area contributed by atoms with Gasteiger partial charge in [-0.1, -0.05) is 24.3 Å². The van der Waals surface area contributed by atoms with Crippen molar-refractivity contribution in [2.45, 2.75) is 13.0 Å². The Morgan fingerprint density at radius 1 is 1.32 bits per heavy atom. The van der Waals surface area contributed by atoms with Crippen molar-refractivity contribution in [3.63, 3.8) is 0 Å². The first-order valence-corrected chi connectivity index (χ1v) is 6.23. The minimum atomic E-state index is -0.119. The van der Waals surface area contributed by atoms with E-state index in [1.807, 2.05) is 24.3 Å². The second-order valence-corrected chi connectivity index (χ2v) is 4.43. The van der Waals surface area contributed by atoms with Crippen molar-refractivity contribution < 1.29 is 4.79 Å². The number of carbonyl (C=O) groups is 1. The van der Waals surface area contributed by atoms with Crippen molar-refractivity contribution in [1.29, 1.82) is 0 Å². The molecule has 19 heavy (non-hydrogen) atoms. The predicted molar refractivity (Wildman–Crippen MR) is 73.6 cm³/mol. The number of amides is 1. The lowest BCUT2D eigenvalue weighted by Crippen LogP contribution is -2.24. The highest BCUT2D eigenvalue weighted by atomic mass is 16.1. The Labute approximate surface area is 112 Å². The van der Waals surface area contributed by atoms with Gasteiger partial charge in [-0.2, -0.15) is 0 Å². The Bertz CT molecular complexity index is 545. The summed E-state index contributed by atoms with van der Waals surface area (Å²) in [5, 5.41) is 2.87. The lowest BCUT2D eigenvalue weighted by Gasteiger charge is -2.06. The number of imidazole rings is 1. The van der Waals surface area contributed by atoms with E-state index in [9.17, 15) is 4.79 Å².